The maximum Gasteiger partial charge on any atom is 0.125 e. The second-order valence-electron chi connectivity index (χ2n) is 2.50. The van der Waals surface area contributed by atoms with E-state index in [4.69, 9.17) is 16.7 Å². The first-order valence-corrected chi connectivity index (χ1v) is 3.94. The van der Waals surface area contributed by atoms with E-state index in [2.05, 4.69) is 6.92 Å². The largest absolute Gasteiger partial charge is 0.508 e. The van der Waals surface area contributed by atoms with Gasteiger partial charge < -0.3 is 5.11 Å². The molecule has 0 aliphatic heterocycles. The zero-order valence-corrected chi connectivity index (χ0v) is 7.18. The minimum Gasteiger partial charge on any atom is -0.508 e. The van der Waals surface area contributed by atoms with Gasteiger partial charge in [0.25, 0.3) is 0 Å². The van der Waals surface area contributed by atoms with E-state index >= 15 is 0 Å². The fourth-order valence-electron chi connectivity index (χ4n) is 0.944. The lowest BCUT2D eigenvalue weighted by Gasteiger charge is -2.05. The molecule has 1 aromatic rings. The first-order valence-electron chi connectivity index (χ1n) is 3.56. The van der Waals surface area contributed by atoms with Gasteiger partial charge in [-0.1, -0.05) is 18.5 Å². The molecule has 12 heavy (non-hydrogen) atoms. The molecule has 1 N–H and O–H groups in total. The normalized spacial score (nSPS) is 12.9. The van der Waals surface area contributed by atoms with E-state index in [-0.39, 0.29) is 12.2 Å². The van der Waals surface area contributed by atoms with Crippen LogP contribution in [0.1, 0.15) is 18.2 Å². The SMILES string of the molecule is [CH2]CC(F)c1cc(O)cc(Cl)c1. The van der Waals surface area contributed by atoms with Crippen LogP contribution in [0.2, 0.25) is 5.02 Å². The van der Waals surface area contributed by atoms with Crippen LogP contribution in [0.4, 0.5) is 4.39 Å². The number of alkyl halides is 1. The molecular weight excluding hydrogens is 179 g/mol. The molecular formula is C9H9ClFO. The van der Waals surface area contributed by atoms with Crippen LogP contribution in [0.15, 0.2) is 18.2 Å². The van der Waals surface area contributed by atoms with Crippen molar-refractivity contribution in [2.24, 2.45) is 0 Å². The van der Waals surface area contributed by atoms with Gasteiger partial charge in [-0.25, -0.2) is 4.39 Å². The van der Waals surface area contributed by atoms with Crippen molar-refractivity contribution in [1.29, 1.82) is 0 Å². The molecule has 1 atom stereocenters. The molecule has 0 spiro atoms. The molecule has 0 aliphatic carbocycles. The third-order valence-corrected chi connectivity index (χ3v) is 1.74. The number of hydrogen-bond donors (Lipinski definition) is 1. The van der Waals surface area contributed by atoms with Crippen molar-refractivity contribution in [1.82, 2.24) is 0 Å². The second kappa shape index (κ2) is 3.76. The van der Waals surface area contributed by atoms with Crippen LogP contribution in [-0.2, 0) is 0 Å². The van der Waals surface area contributed by atoms with Crippen LogP contribution in [-0.4, -0.2) is 5.11 Å². The average molecular weight is 188 g/mol. The van der Waals surface area contributed by atoms with Crippen LogP contribution in [0, 0.1) is 6.92 Å². The molecule has 1 aromatic carbocycles. The van der Waals surface area contributed by atoms with E-state index in [1.54, 1.807) is 0 Å². The van der Waals surface area contributed by atoms with Crippen LogP contribution < -0.4 is 0 Å². The van der Waals surface area contributed by atoms with Gasteiger partial charge in [0.1, 0.15) is 11.9 Å². The van der Waals surface area contributed by atoms with Crippen molar-refractivity contribution < 1.29 is 9.50 Å². The zero-order chi connectivity index (χ0) is 9.14. The third kappa shape index (κ3) is 2.11. The molecule has 0 bridgehead atoms. The Morgan fingerprint density at radius 2 is 2.17 bits per heavy atom. The van der Waals surface area contributed by atoms with Crippen molar-refractivity contribution in [3.63, 3.8) is 0 Å². The van der Waals surface area contributed by atoms with E-state index < -0.39 is 6.17 Å². The molecule has 0 amide bonds. The highest BCUT2D eigenvalue weighted by atomic mass is 35.5. The van der Waals surface area contributed by atoms with Crippen LogP contribution in [0.25, 0.3) is 0 Å². The highest BCUT2D eigenvalue weighted by molar-refractivity contribution is 6.30. The van der Waals surface area contributed by atoms with Gasteiger partial charge in [-0.05, 0) is 30.2 Å². The van der Waals surface area contributed by atoms with E-state index in [0.29, 0.717) is 10.6 Å². The highest BCUT2D eigenvalue weighted by Crippen LogP contribution is 2.27. The van der Waals surface area contributed by atoms with Gasteiger partial charge in [0.15, 0.2) is 0 Å². The topological polar surface area (TPSA) is 20.2 Å². The number of benzene rings is 1. The summed E-state index contributed by atoms with van der Waals surface area (Å²) in [5.41, 5.74) is 0.370. The lowest BCUT2D eigenvalue weighted by Crippen LogP contribution is -1.88. The second-order valence-corrected chi connectivity index (χ2v) is 2.94. The van der Waals surface area contributed by atoms with Crippen molar-refractivity contribution in [3.05, 3.63) is 35.7 Å². The van der Waals surface area contributed by atoms with E-state index in [9.17, 15) is 4.39 Å². The molecule has 0 aromatic heterocycles. The number of hydrogen-bond acceptors (Lipinski definition) is 1. The molecule has 0 saturated carbocycles. The first-order chi connectivity index (χ1) is 5.63. The number of rotatable bonds is 2. The Hall–Kier alpha value is -0.760. The molecule has 0 aliphatic rings. The van der Waals surface area contributed by atoms with Crippen molar-refractivity contribution >= 4 is 11.6 Å². The van der Waals surface area contributed by atoms with Crippen LogP contribution >= 0.6 is 11.6 Å². The Balaban J connectivity index is 3.00. The van der Waals surface area contributed by atoms with Crippen LogP contribution in [0.3, 0.4) is 0 Å². The molecule has 1 nitrogen and oxygen atoms in total. The summed E-state index contributed by atoms with van der Waals surface area (Å²) in [4.78, 5) is 0. The fourth-order valence-corrected chi connectivity index (χ4v) is 1.18. The summed E-state index contributed by atoms with van der Waals surface area (Å²) in [7, 11) is 0. The molecule has 3 heteroatoms. The van der Waals surface area contributed by atoms with Gasteiger partial charge in [-0.3, -0.25) is 0 Å². The number of halogens is 2. The minimum absolute atomic E-state index is 0.0198. The van der Waals surface area contributed by atoms with Gasteiger partial charge in [-0.2, -0.15) is 0 Å². The van der Waals surface area contributed by atoms with Gasteiger partial charge in [-0.15, -0.1) is 0 Å². The van der Waals surface area contributed by atoms with Crippen molar-refractivity contribution in [3.8, 4) is 5.75 Å². The Labute approximate surface area is 75.8 Å². The van der Waals surface area contributed by atoms with Crippen molar-refractivity contribution in [2.75, 3.05) is 0 Å². The predicted octanol–water partition coefficient (Wildman–Crippen LogP) is 3.28. The molecule has 1 rings (SSSR count). The summed E-state index contributed by atoms with van der Waals surface area (Å²) in [5, 5.41) is 9.40. The molecule has 1 radical (unpaired) electrons. The Bertz CT molecular complexity index is 255. The third-order valence-electron chi connectivity index (χ3n) is 1.52. The van der Waals surface area contributed by atoms with E-state index in [1.165, 1.54) is 18.2 Å². The summed E-state index contributed by atoms with van der Waals surface area (Å²) in [6.45, 7) is 3.42. The average Bonchev–Trinajstić information content (AvgIpc) is 2.01. The molecule has 65 valence electrons. The van der Waals surface area contributed by atoms with Gasteiger partial charge in [0.2, 0.25) is 0 Å². The Kier molecular flexibility index (Phi) is 2.93. The number of phenolic OH excluding ortho intramolecular Hbond substituents is 1. The lowest BCUT2D eigenvalue weighted by molar-refractivity contribution is 0.344. The maximum absolute atomic E-state index is 13.0. The molecule has 0 saturated heterocycles. The summed E-state index contributed by atoms with van der Waals surface area (Å²) >= 11 is 5.60. The summed E-state index contributed by atoms with van der Waals surface area (Å²) in [6, 6.07) is 4.19. The standard InChI is InChI=1S/C9H9ClFO/c1-2-9(11)6-3-7(10)5-8(12)4-6/h3-5,9,12H,1-2H2. The zero-order valence-electron chi connectivity index (χ0n) is 6.43. The van der Waals surface area contributed by atoms with Gasteiger partial charge >= 0.3 is 0 Å². The fraction of sp³-hybridized carbons (Fsp3) is 0.222. The summed E-state index contributed by atoms with van der Waals surface area (Å²) in [5.74, 6) is -0.0198. The van der Waals surface area contributed by atoms with Gasteiger partial charge in [0, 0.05) is 5.02 Å². The van der Waals surface area contributed by atoms with Crippen LogP contribution in [0.5, 0.6) is 5.75 Å². The predicted molar refractivity (Wildman–Crippen MR) is 46.9 cm³/mol. The molecule has 0 fully saturated rings. The lowest BCUT2D eigenvalue weighted by atomic mass is 10.1. The van der Waals surface area contributed by atoms with E-state index in [1.807, 2.05) is 0 Å². The van der Waals surface area contributed by atoms with E-state index in [0.717, 1.165) is 0 Å². The monoisotopic (exact) mass is 187 g/mol. The number of aromatic hydroxyl groups is 1. The van der Waals surface area contributed by atoms with Crippen molar-refractivity contribution in [2.45, 2.75) is 12.6 Å². The summed E-state index contributed by atoms with van der Waals surface area (Å²) < 4.78 is 13.0. The van der Waals surface area contributed by atoms with Gasteiger partial charge in [0.05, 0.1) is 0 Å². The molecule has 0 heterocycles. The summed E-state index contributed by atoms with van der Waals surface area (Å²) in [6.07, 6.45) is -1.02. The first kappa shape index (κ1) is 9.33. The number of phenols is 1. The quantitative estimate of drug-likeness (QED) is 0.754. The smallest absolute Gasteiger partial charge is 0.125 e. The maximum atomic E-state index is 13.0. The highest BCUT2D eigenvalue weighted by Gasteiger charge is 2.08. The minimum atomic E-state index is -1.16. The Morgan fingerprint density at radius 3 is 2.67 bits per heavy atom. The Morgan fingerprint density at radius 1 is 1.50 bits per heavy atom. The molecule has 1 unspecified atom stereocenters.